The summed E-state index contributed by atoms with van der Waals surface area (Å²) in [5.74, 6) is 0. The Hall–Kier alpha value is -0.170. The van der Waals surface area contributed by atoms with Gasteiger partial charge in [0.15, 0.2) is 0 Å². The van der Waals surface area contributed by atoms with Gasteiger partial charge in [-0.2, -0.15) is 17.4 Å². The number of hydrogen-bond acceptors (Lipinski definition) is 3. The van der Waals surface area contributed by atoms with Crippen molar-refractivity contribution in [2.75, 3.05) is 20.2 Å². The van der Waals surface area contributed by atoms with E-state index in [2.05, 4.69) is 18.6 Å². The van der Waals surface area contributed by atoms with Crippen LogP contribution in [0, 0.1) is 5.41 Å². The largest absolute Gasteiger partial charge is 0.396 e. The number of aliphatic hydroxyl groups excluding tert-OH is 1. The van der Waals surface area contributed by atoms with Gasteiger partial charge in [0.2, 0.25) is 0 Å². The highest BCUT2D eigenvalue weighted by molar-refractivity contribution is 7.87. The number of nitrogens with one attached hydrogen (secondary N) is 1. The van der Waals surface area contributed by atoms with Gasteiger partial charge in [0, 0.05) is 26.2 Å². The molecule has 0 bridgehead atoms. The molecule has 5 nitrogen and oxygen atoms in total. The Morgan fingerprint density at radius 1 is 1.33 bits per heavy atom. The first kappa shape index (κ1) is 15.9. The van der Waals surface area contributed by atoms with Crippen LogP contribution in [0.3, 0.4) is 0 Å². The van der Waals surface area contributed by atoms with E-state index in [0.29, 0.717) is 18.4 Å². The minimum absolute atomic E-state index is 0.0114. The second-order valence-electron chi connectivity index (χ2n) is 5.96. The number of nitrogens with zero attached hydrogens (tertiary/aromatic N) is 1. The molecule has 0 aromatic carbocycles. The third kappa shape index (κ3) is 4.84. The molecule has 1 aliphatic carbocycles. The molecule has 0 heterocycles. The highest BCUT2D eigenvalue weighted by Crippen LogP contribution is 2.35. The Balaban J connectivity index is 2.46. The minimum Gasteiger partial charge on any atom is -0.396 e. The zero-order valence-corrected chi connectivity index (χ0v) is 12.5. The maximum Gasteiger partial charge on any atom is 0.279 e. The molecule has 0 spiro atoms. The lowest BCUT2D eigenvalue weighted by Gasteiger charge is -2.35. The van der Waals surface area contributed by atoms with Crippen molar-refractivity contribution in [3.8, 4) is 0 Å². The summed E-state index contributed by atoms with van der Waals surface area (Å²) in [5, 5.41) is 8.72. The van der Waals surface area contributed by atoms with Crippen molar-refractivity contribution in [3.63, 3.8) is 0 Å². The normalized spacial score (nSPS) is 21.4. The van der Waals surface area contributed by atoms with Gasteiger partial charge in [0.05, 0.1) is 0 Å². The van der Waals surface area contributed by atoms with Gasteiger partial charge in [-0.25, -0.2) is 0 Å². The first-order valence-electron chi connectivity index (χ1n) is 6.61. The van der Waals surface area contributed by atoms with E-state index in [4.69, 9.17) is 5.11 Å². The second-order valence-corrected chi connectivity index (χ2v) is 7.77. The van der Waals surface area contributed by atoms with Gasteiger partial charge in [0.1, 0.15) is 0 Å². The van der Waals surface area contributed by atoms with Crippen molar-refractivity contribution in [2.24, 2.45) is 5.41 Å². The fourth-order valence-corrected chi connectivity index (χ4v) is 3.44. The summed E-state index contributed by atoms with van der Waals surface area (Å²) in [7, 11) is -1.85. The highest BCUT2D eigenvalue weighted by atomic mass is 32.2. The molecule has 2 N–H and O–H groups in total. The van der Waals surface area contributed by atoms with Gasteiger partial charge < -0.3 is 5.11 Å². The van der Waals surface area contributed by atoms with E-state index >= 15 is 0 Å². The second kappa shape index (κ2) is 6.32. The molecular formula is C12H26N2O3S. The summed E-state index contributed by atoms with van der Waals surface area (Å²) < 4.78 is 28.0. The van der Waals surface area contributed by atoms with Crippen LogP contribution in [0.15, 0.2) is 0 Å². The molecule has 1 aliphatic rings. The van der Waals surface area contributed by atoms with Gasteiger partial charge in [-0.05, 0) is 37.5 Å². The molecular weight excluding hydrogens is 252 g/mol. The predicted octanol–water partition coefficient (Wildman–Crippen LogP) is 1.10. The monoisotopic (exact) mass is 278 g/mol. The zero-order valence-electron chi connectivity index (χ0n) is 11.6. The zero-order chi connectivity index (χ0) is 13.8. The van der Waals surface area contributed by atoms with E-state index in [-0.39, 0.29) is 12.6 Å². The van der Waals surface area contributed by atoms with Crippen molar-refractivity contribution >= 4 is 10.2 Å². The molecule has 0 unspecified atom stereocenters. The molecule has 0 saturated heterocycles. The average Bonchev–Trinajstić information content (AvgIpc) is 2.28. The maximum absolute atomic E-state index is 12.0. The molecule has 0 amide bonds. The van der Waals surface area contributed by atoms with Crippen molar-refractivity contribution < 1.29 is 13.5 Å². The smallest absolute Gasteiger partial charge is 0.279 e. The molecule has 18 heavy (non-hydrogen) atoms. The third-order valence-electron chi connectivity index (χ3n) is 3.70. The van der Waals surface area contributed by atoms with Crippen LogP contribution < -0.4 is 4.72 Å². The molecule has 1 fully saturated rings. The minimum atomic E-state index is -3.40. The molecule has 0 atom stereocenters. The third-order valence-corrected chi connectivity index (χ3v) is 5.33. The Morgan fingerprint density at radius 3 is 2.39 bits per heavy atom. The first-order valence-corrected chi connectivity index (χ1v) is 8.05. The van der Waals surface area contributed by atoms with Gasteiger partial charge >= 0.3 is 0 Å². The van der Waals surface area contributed by atoms with E-state index in [1.807, 2.05) is 0 Å². The molecule has 0 aromatic rings. The first-order chi connectivity index (χ1) is 8.27. The lowest BCUT2D eigenvalue weighted by atomic mass is 9.76. The molecule has 6 heteroatoms. The molecule has 1 rings (SSSR count). The van der Waals surface area contributed by atoms with Crippen molar-refractivity contribution in [3.05, 3.63) is 0 Å². The van der Waals surface area contributed by atoms with Crippen LogP contribution in [0.2, 0.25) is 0 Å². The highest BCUT2D eigenvalue weighted by Gasteiger charge is 2.30. The van der Waals surface area contributed by atoms with Crippen molar-refractivity contribution in [1.29, 1.82) is 0 Å². The van der Waals surface area contributed by atoms with E-state index in [1.54, 1.807) is 7.05 Å². The summed E-state index contributed by atoms with van der Waals surface area (Å²) in [6, 6.07) is 0.0552. The van der Waals surface area contributed by atoms with E-state index in [1.165, 1.54) is 4.31 Å². The molecule has 0 aliphatic heterocycles. The Bertz CT molecular complexity index is 344. The average molecular weight is 278 g/mol. The van der Waals surface area contributed by atoms with Crippen LogP contribution in [0.1, 0.15) is 46.0 Å². The van der Waals surface area contributed by atoms with Crippen LogP contribution in [0.25, 0.3) is 0 Å². The fourth-order valence-electron chi connectivity index (χ4n) is 2.23. The quantitative estimate of drug-likeness (QED) is 0.764. The lowest BCUT2D eigenvalue weighted by molar-refractivity contribution is 0.216. The van der Waals surface area contributed by atoms with Crippen LogP contribution in [-0.4, -0.2) is 44.1 Å². The van der Waals surface area contributed by atoms with Crippen LogP contribution >= 0.6 is 0 Å². The number of aliphatic hydroxyl groups is 1. The summed E-state index contributed by atoms with van der Waals surface area (Å²) in [6.45, 7) is 4.82. The predicted molar refractivity (Wildman–Crippen MR) is 72.4 cm³/mol. The molecule has 0 radical (unpaired) electrons. The Labute approximate surface area is 111 Å². The fraction of sp³-hybridized carbons (Fsp3) is 1.00. The molecule has 1 saturated carbocycles. The Kier molecular flexibility index (Phi) is 5.58. The van der Waals surface area contributed by atoms with Gasteiger partial charge in [-0.15, -0.1) is 0 Å². The lowest BCUT2D eigenvalue weighted by Crippen LogP contribution is -2.46. The number of hydrogen-bond donors (Lipinski definition) is 2. The van der Waals surface area contributed by atoms with Crippen molar-refractivity contribution in [2.45, 2.75) is 52.0 Å². The molecule has 0 aromatic heterocycles. The van der Waals surface area contributed by atoms with Gasteiger partial charge in [-0.1, -0.05) is 13.8 Å². The maximum atomic E-state index is 12.0. The standard InChI is InChI=1S/C12H26N2O3S/c1-12(2)7-5-11(6-8-12)13-18(16,17)14(3)9-4-10-15/h11,13,15H,4-10H2,1-3H3. The summed E-state index contributed by atoms with van der Waals surface area (Å²) in [4.78, 5) is 0. The van der Waals surface area contributed by atoms with Crippen LogP contribution in [0.4, 0.5) is 0 Å². The van der Waals surface area contributed by atoms with E-state index < -0.39 is 10.2 Å². The summed E-state index contributed by atoms with van der Waals surface area (Å²) >= 11 is 0. The summed E-state index contributed by atoms with van der Waals surface area (Å²) in [5.41, 5.74) is 0.338. The topological polar surface area (TPSA) is 69.6 Å². The van der Waals surface area contributed by atoms with E-state index in [0.717, 1.165) is 25.7 Å². The van der Waals surface area contributed by atoms with Crippen LogP contribution in [-0.2, 0) is 10.2 Å². The van der Waals surface area contributed by atoms with Gasteiger partial charge in [-0.3, -0.25) is 0 Å². The SMILES string of the molecule is CN(CCCO)S(=O)(=O)NC1CCC(C)(C)CC1. The number of rotatable bonds is 6. The van der Waals surface area contributed by atoms with E-state index in [9.17, 15) is 8.42 Å². The van der Waals surface area contributed by atoms with Gasteiger partial charge in [0.25, 0.3) is 10.2 Å². The van der Waals surface area contributed by atoms with Crippen LogP contribution in [0.5, 0.6) is 0 Å². The molecule has 108 valence electrons. The Morgan fingerprint density at radius 2 is 1.89 bits per heavy atom. The summed E-state index contributed by atoms with van der Waals surface area (Å²) in [6.07, 6.45) is 4.39. The van der Waals surface area contributed by atoms with Crippen molar-refractivity contribution in [1.82, 2.24) is 9.03 Å².